The lowest BCUT2D eigenvalue weighted by Gasteiger charge is -2.05. The van der Waals surface area contributed by atoms with Gasteiger partial charge in [0.15, 0.2) is 11.3 Å². The number of carbonyl (C=O) groups is 1. The molecule has 0 atom stereocenters. The molecule has 24 heavy (non-hydrogen) atoms. The predicted molar refractivity (Wildman–Crippen MR) is 77.1 cm³/mol. The Morgan fingerprint density at radius 3 is 2.79 bits per heavy atom. The Morgan fingerprint density at radius 1 is 1.29 bits per heavy atom. The van der Waals surface area contributed by atoms with Crippen molar-refractivity contribution in [2.45, 2.75) is 6.18 Å². The van der Waals surface area contributed by atoms with E-state index >= 15 is 0 Å². The molecule has 0 aliphatic rings. The van der Waals surface area contributed by atoms with Gasteiger partial charge in [-0.3, -0.25) is 4.79 Å². The van der Waals surface area contributed by atoms with Crippen LogP contribution in [0.2, 0.25) is 0 Å². The van der Waals surface area contributed by atoms with Crippen molar-refractivity contribution in [1.29, 1.82) is 5.26 Å². The van der Waals surface area contributed by atoms with Crippen molar-refractivity contribution in [2.24, 2.45) is 0 Å². The second-order valence-corrected chi connectivity index (χ2v) is 4.82. The normalized spacial score (nSPS) is 11.2. The molecule has 1 amide bonds. The monoisotopic (exact) mass is 331 g/mol. The van der Waals surface area contributed by atoms with E-state index in [1.807, 2.05) is 6.07 Å². The van der Waals surface area contributed by atoms with Crippen LogP contribution in [0.4, 0.5) is 18.9 Å². The van der Waals surface area contributed by atoms with Crippen molar-refractivity contribution in [3.05, 3.63) is 59.5 Å². The summed E-state index contributed by atoms with van der Waals surface area (Å²) >= 11 is 0. The molecule has 0 saturated carbocycles. The minimum Gasteiger partial charge on any atom is -0.319 e. The van der Waals surface area contributed by atoms with Crippen molar-refractivity contribution in [1.82, 2.24) is 14.6 Å². The summed E-state index contributed by atoms with van der Waals surface area (Å²) in [7, 11) is 0. The van der Waals surface area contributed by atoms with Crippen molar-refractivity contribution in [2.75, 3.05) is 5.32 Å². The summed E-state index contributed by atoms with van der Waals surface area (Å²) in [6, 6.07) is 8.74. The molecule has 0 unspecified atom stereocenters. The number of nitrogens with one attached hydrogen (secondary N) is 1. The highest BCUT2D eigenvalue weighted by Gasteiger charge is 2.34. The first kappa shape index (κ1) is 15.5. The van der Waals surface area contributed by atoms with Gasteiger partial charge in [0.2, 0.25) is 0 Å². The number of nitriles is 1. The number of nitrogens with zero attached hydrogens (tertiary/aromatic N) is 4. The molecular weight excluding hydrogens is 323 g/mol. The minimum absolute atomic E-state index is 0.00630. The summed E-state index contributed by atoms with van der Waals surface area (Å²) in [6.07, 6.45) is -2.12. The highest BCUT2D eigenvalue weighted by molar-refractivity contribution is 6.04. The lowest BCUT2D eigenvalue weighted by Crippen LogP contribution is -2.13. The molecule has 9 heteroatoms. The molecule has 0 aliphatic heterocycles. The highest BCUT2D eigenvalue weighted by Crippen LogP contribution is 2.28. The summed E-state index contributed by atoms with van der Waals surface area (Å²) in [5, 5.41) is 14.7. The topological polar surface area (TPSA) is 83.1 Å². The van der Waals surface area contributed by atoms with Gasteiger partial charge in [0.05, 0.1) is 29.7 Å². The van der Waals surface area contributed by atoms with Crippen LogP contribution in [0.25, 0.3) is 5.65 Å². The summed E-state index contributed by atoms with van der Waals surface area (Å²) in [4.78, 5) is 16.0. The number of fused-ring (bicyclic) bond motifs is 1. The van der Waals surface area contributed by atoms with Crippen molar-refractivity contribution >= 4 is 17.2 Å². The van der Waals surface area contributed by atoms with Gasteiger partial charge in [0.25, 0.3) is 5.91 Å². The number of alkyl halides is 3. The van der Waals surface area contributed by atoms with Gasteiger partial charge >= 0.3 is 6.18 Å². The van der Waals surface area contributed by atoms with Gasteiger partial charge in [-0.1, -0.05) is 6.07 Å². The first-order chi connectivity index (χ1) is 11.4. The number of hydrogen-bond acceptors (Lipinski definition) is 4. The number of rotatable bonds is 2. The maximum atomic E-state index is 12.6. The van der Waals surface area contributed by atoms with Crippen molar-refractivity contribution < 1.29 is 18.0 Å². The van der Waals surface area contributed by atoms with Gasteiger partial charge in [-0.25, -0.2) is 9.50 Å². The van der Waals surface area contributed by atoms with Crippen LogP contribution < -0.4 is 5.32 Å². The Balaban J connectivity index is 1.87. The third kappa shape index (κ3) is 3.03. The Labute approximate surface area is 133 Å². The second-order valence-electron chi connectivity index (χ2n) is 4.82. The van der Waals surface area contributed by atoms with E-state index in [1.54, 1.807) is 12.1 Å². The van der Waals surface area contributed by atoms with Gasteiger partial charge in [0, 0.05) is 11.6 Å². The molecule has 3 rings (SSSR count). The van der Waals surface area contributed by atoms with Gasteiger partial charge in [-0.15, -0.1) is 0 Å². The van der Waals surface area contributed by atoms with Crippen LogP contribution in [0.3, 0.4) is 0 Å². The van der Waals surface area contributed by atoms with Gasteiger partial charge in [-0.05, 0) is 18.2 Å². The molecule has 1 N–H and O–H groups in total. The van der Waals surface area contributed by atoms with Gasteiger partial charge in [0.1, 0.15) is 0 Å². The lowest BCUT2D eigenvalue weighted by molar-refractivity contribution is -0.141. The molecule has 0 bridgehead atoms. The number of halogens is 3. The van der Waals surface area contributed by atoms with E-state index in [2.05, 4.69) is 15.4 Å². The first-order valence-corrected chi connectivity index (χ1v) is 6.61. The molecule has 0 aliphatic carbocycles. The summed E-state index contributed by atoms with van der Waals surface area (Å²) in [5.74, 6) is -0.517. The summed E-state index contributed by atoms with van der Waals surface area (Å²) in [5.41, 5.74) is -0.331. The van der Waals surface area contributed by atoms with E-state index in [1.165, 1.54) is 24.5 Å². The Morgan fingerprint density at radius 2 is 2.08 bits per heavy atom. The Kier molecular flexibility index (Phi) is 3.65. The van der Waals surface area contributed by atoms with Crippen molar-refractivity contribution in [3.8, 4) is 6.07 Å². The standard InChI is InChI=1S/C15H8F3N5O/c16-15(17,18)12-5-13-20-7-11(8-23(13)22-12)21-14(24)10-3-1-2-9(4-10)6-19/h1-5,7-8H,(H,21,24). The number of benzene rings is 1. The summed E-state index contributed by atoms with van der Waals surface area (Å²) in [6.45, 7) is 0. The molecule has 120 valence electrons. The van der Waals surface area contributed by atoms with Crippen LogP contribution in [0, 0.1) is 11.3 Å². The maximum absolute atomic E-state index is 12.6. The van der Waals surface area contributed by atoms with E-state index in [0.29, 0.717) is 5.56 Å². The molecule has 0 saturated heterocycles. The molecule has 6 nitrogen and oxygen atoms in total. The van der Waals surface area contributed by atoms with Crippen LogP contribution in [-0.2, 0) is 6.18 Å². The fourth-order valence-electron chi connectivity index (χ4n) is 2.01. The van der Waals surface area contributed by atoms with Gasteiger partial charge < -0.3 is 5.32 Å². The lowest BCUT2D eigenvalue weighted by atomic mass is 10.1. The molecule has 0 fully saturated rings. The first-order valence-electron chi connectivity index (χ1n) is 6.61. The minimum atomic E-state index is -4.57. The molecule has 0 spiro atoms. The average molecular weight is 331 g/mol. The predicted octanol–water partition coefficient (Wildman–Crippen LogP) is 2.87. The van der Waals surface area contributed by atoms with E-state index in [-0.39, 0.29) is 16.9 Å². The SMILES string of the molecule is N#Cc1cccc(C(=O)Nc2cnc3cc(C(F)(F)F)nn3c2)c1. The van der Waals surface area contributed by atoms with Crippen molar-refractivity contribution in [3.63, 3.8) is 0 Å². The number of carbonyl (C=O) groups excluding carboxylic acids is 1. The van der Waals surface area contributed by atoms with Crippen LogP contribution in [0.1, 0.15) is 21.6 Å². The van der Waals surface area contributed by atoms with Crippen LogP contribution in [0.5, 0.6) is 0 Å². The summed E-state index contributed by atoms with van der Waals surface area (Å²) < 4.78 is 38.8. The van der Waals surface area contributed by atoms with Gasteiger partial charge in [-0.2, -0.15) is 23.5 Å². The number of amides is 1. The largest absolute Gasteiger partial charge is 0.435 e. The molecule has 0 radical (unpaired) electrons. The van der Waals surface area contributed by atoms with E-state index in [0.717, 1.165) is 10.6 Å². The molecule has 1 aromatic carbocycles. The van der Waals surface area contributed by atoms with E-state index in [4.69, 9.17) is 5.26 Å². The fraction of sp³-hybridized carbons (Fsp3) is 0.0667. The Hall–Kier alpha value is -3.41. The smallest absolute Gasteiger partial charge is 0.319 e. The molecular formula is C15H8F3N5O. The zero-order valence-electron chi connectivity index (χ0n) is 11.9. The number of anilines is 1. The van der Waals surface area contributed by atoms with E-state index < -0.39 is 17.8 Å². The van der Waals surface area contributed by atoms with Crippen LogP contribution in [-0.4, -0.2) is 20.5 Å². The molecule has 2 heterocycles. The fourth-order valence-corrected chi connectivity index (χ4v) is 2.01. The molecule has 2 aromatic heterocycles. The molecule has 3 aromatic rings. The average Bonchev–Trinajstić information content (AvgIpc) is 2.98. The quantitative estimate of drug-likeness (QED) is 0.783. The zero-order valence-corrected chi connectivity index (χ0v) is 11.9. The zero-order chi connectivity index (χ0) is 17.3. The number of hydrogen-bond donors (Lipinski definition) is 1. The Bertz CT molecular complexity index is 971. The second kappa shape index (κ2) is 5.66. The third-order valence-corrected chi connectivity index (χ3v) is 3.12. The van der Waals surface area contributed by atoms with E-state index in [9.17, 15) is 18.0 Å². The third-order valence-electron chi connectivity index (χ3n) is 3.12. The van der Waals surface area contributed by atoms with Crippen LogP contribution >= 0.6 is 0 Å². The maximum Gasteiger partial charge on any atom is 0.435 e. The number of aromatic nitrogens is 3. The highest BCUT2D eigenvalue weighted by atomic mass is 19.4. The van der Waals surface area contributed by atoms with Crippen LogP contribution in [0.15, 0.2) is 42.7 Å².